The number of nitrogens with one attached hydrogen (secondary N) is 2. The van der Waals surface area contributed by atoms with Gasteiger partial charge in [0.25, 0.3) is 5.91 Å². The monoisotopic (exact) mass is 566 g/mol. The van der Waals surface area contributed by atoms with Crippen molar-refractivity contribution < 1.29 is 18.7 Å². The predicted octanol–water partition coefficient (Wildman–Crippen LogP) is 6.57. The van der Waals surface area contributed by atoms with Gasteiger partial charge in [-0.2, -0.15) is 0 Å². The summed E-state index contributed by atoms with van der Waals surface area (Å²) in [5.41, 5.74) is 11.6. The van der Waals surface area contributed by atoms with Gasteiger partial charge in [-0.25, -0.2) is 8.78 Å². The lowest BCUT2D eigenvalue weighted by Gasteiger charge is -2.32. The maximum absolute atomic E-state index is 14.3. The predicted molar refractivity (Wildman–Crippen MR) is 162 cm³/mol. The topological polar surface area (TPSA) is 94.4 Å². The fourth-order valence-corrected chi connectivity index (χ4v) is 5.67. The molecule has 1 atom stereocenters. The number of aromatic nitrogens is 1. The van der Waals surface area contributed by atoms with Crippen LogP contribution in [0.15, 0.2) is 84.9 Å². The second-order valence-corrected chi connectivity index (χ2v) is 11.0. The van der Waals surface area contributed by atoms with Crippen molar-refractivity contribution in [3.63, 3.8) is 0 Å². The number of anilines is 1. The summed E-state index contributed by atoms with van der Waals surface area (Å²) in [6.45, 7) is 3.79. The third kappa shape index (κ3) is 5.71. The van der Waals surface area contributed by atoms with Gasteiger partial charge in [-0.15, -0.1) is 0 Å². The van der Waals surface area contributed by atoms with Crippen molar-refractivity contribution in [2.75, 3.05) is 18.0 Å². The van der Waals surface area contributed by atoms with Crippen molar-refractivity contribution in [2.24, 2.45) is 5.73 Å². The summed E-state index contributed by atoms with van der Waals surface area (Å²) in [5.74, 6) is -1.55. The highest BCUT2D eigenvalue weighted by atomic mass is 19.1. The molecule has 1 amide bonds. The number of halogens is 2. The number of nitrogens with zero attached hydrogens (tertiary/aromatic N) is 1. The van der Waals surface area contributed by atoms with Crippen molar-refractivity contribution >= 4 is 22.5 Å². The zero-order valence-electron chi connectivity index (χ0n) is 23.2. The van der Waals surface area contributed by atoms with Crippen LogP contribution in [-0.4, -0.2) is 35.1 Å². The molecule has 1 saturated heterocycles. The van der Waals surface area contributed by atoms with Gasteiger partial charge in [-0.05, 0) is 109 Å². The number of aryl methyl sites for hydroxylation is 1. The van der Waals surface area contributed by atoms with Crippen molar-refractivity contribution in [1.82, 2.24) is 10.3 Å². The Morgan fingerprint density at radius 1 is 0.929 bits per heavy atom. The molecular formula is C34H32F2N4O2. The first-order chi connectivity index (χ1) is 20.2. The Balaban J connectivity index is 1.31. The number of phenolic OH excluding ortho intramolecular Hbond substituents is 1. The Kier molecular flexibility index (Phi) is 7.39. The van der Waals surface area contributed by atoms with E-state index in [-0.39, 0.29) is 17.4 Å². The number of fused-ring (bicyclic) bond motifs is 1. The molecule has 0 radical (unpaired) electrons. The number of benzene rings is 4. The van der Waals surface area contributed by atoms with E-state index in [1.165, 1.54) is 24.3 Å². The third-order valence-corrected chi connectivity index (χ3v) is 7.94. The molecule has 8 heteroatoms. The van der Waals surface area contributed by atoms with E-state index in [0.717, 1.165) is 59.8 Å². The minimum atomic E-state index is -0.926. The minimum Gasteiger partial charge on any atom is -0.508 e. The van der Waals surface area contributed by atoms with E-state index in [1.807, 2.05) is 19.1 Å². The first-order valence-electron chi connectivity index (χ1n) is 14.0. The van der Waals surface area contributed by atoms with Crippen LogP contribution >= 0.6 is 0 Å². The highest BCUT2D eigenvalue weighted by Crippen LogP contribution is 2.33. The third-order valence-electron chi connectivity index (χ3n) is 7.94. The lowest BCUT2D eigenvalue weighted by Crippen LogP contribution is -2.39. The van der Waals surface area contributed by atoms with Gasteiger partial charge in [0.1, 0.15) is 17.4 Å². The Labute approximate surface area is 242 Å². The molecule has 1 aliphatic rings. The van der Waals surface area contributed by atoms with Crippen LogP contribution in [0, 0.1) is 18.6 Å². The van der Waals surface area contributed by atoms with Gasteiger partial charge in [0.05, 0.1) is 6.04 Å². The van der Waals surface area contributed by atoms with E-state index in [0.29, 0.717) is 16.8 Å². The van der Waals surface area contributed by atoms with Crippen molar-refractivity contribution in [2.45, 2.75) is 31.8 Å². The van der Waals surface area contributed by atoms with Gasteiger partial charge in [0.15, 0.2) is 0 Å². The van der Waals surface area contributed by atoms with E-state index in [1.54, 1.807) is 18.2 Å². The van der Waals surface area contributed by atoms with Gasteiger partial charge in [-0.3, -0.25) is 4.79 Å². The van der Waals surface area contributed by atoms with Crippen LogP contribution in [0.1, 0.15) is 46.1 Å². The second-order valence-electron chi connectivity index (χ2n) is 11.0. The Morgan fingerprint density at radius 3 is 2.40 bits per heavy atom. The van der Waals surface area contributed by atoms with Crippen molar-refractivity contribution in [3.05, 3.63) is 119 Å². The molecule has 214 valence electrons. The van der Waals surface area contributed by atoms with E-state index >= 15 is 0 Å². The molecule has 0 spiro atoms. The first-order valence-corrected chi connectivity index (χ1v) is 14.0. The van der Waals surface area contributed by atoms with Gasteiger partial charge < -0.3 is 26.0 Å². The maximum atomic E-state index is 14.3. The number of aromatic amines is 1. The zero-order chi connectivity index (χ0) is 29.4. The van der Waals surface area contributed by atoms with Crippen LogP contribution in [0.5, 0.6) is 5.75 Å². The van der Waals surface area contributed by atoms with Crippen LogP contribution in [-0.2, 0) is 0 Å². The maximum Gasteiger partial charge on any atom is 0.252 e. The SMILES string of the molecule is Cc1cc(C(=O)NC(c2cc3ccc(F)cc3[nH]2)c2cc(F)ccc2O)cc(-c2ccc(N3CCC(N)CC3)cc2)c1. The molecule has 5 aromatic rings. The summed E-state index contributed by atoms with van der Waals surface area (Å²) in [4.78, 5) is 19.2. The molecule has 6 nitrogen and oxygen atoms in total. The van der Waals surface area contributed by atoms with Crippen molar-refractivity contribution in [1.29, 1.82) is 0 Å². The van der Waals surface area contributed by atoms with E-state index in [2.05, 4.69) is 39.5 Å². The molecule has 0 aliphatic carbocycles. The van der Waals surface area contributed by atoms with E-state index in [4.69, 9.17) is 5.73 Å². The number of nitrogens with two attached hydrogens (primary N) is 1. The molecule has 1 fully saturated rings. The molecule has 2 heterocycles. The highest BCUT2D eigenvalue weighted by molar-refractivity contribution is 5.96. The van der Waals surface area contributed by atoms with E-state index < -0.39 is 23.6 Å². The molecule has 6 rings (SSSR count). The van der Waals surface area contributed by atoms with Crippen LogP contribution in [0.2, 0.25) is 0 Å². The molecule has 1 aromatic heterocycles. The lowest BCUT2D eigenvalue weighted by molar-refractivity contribution is 0.0942. The average Bonchev–Trinajstić information content (AvgIpc) is 3.40. The summed E-state index contributed by atoms with van der Waals surface area (Å²) >= 11 is 0. The summed E-state index contributed by atoms with van der Waals surface area (Å²) in [6, 6.07) is 22.9. The number of hydrogen-bond acceptors (Lipinski definition) is 4. The minimum absolute atomic E-state index is 0.174. The molecule has 0 bridgehead atoms. The summed E-state index contributed by atoms with van der Waals surface area (Å²) in [6.07, 6.45) is 1.95. The Bertz CT molecular complexity index is 1760. The van der Waals surface area contributed by atoms with Crippen LogP contribution < -0.4 is 16.0 Å². The van der Waals surface area contributed by atoms with Gasteiger partial charge in [0, 0.05) is 47.2 Å². The number of carbonyl (C=O) groups is 1. The number of carbonyl (C=O) groups excluding carboxylic acids is 1. The smallest absolute Gasteiger partial charge is 0.252 e. The molecule has 1 unspecified atom stereocenters. The van der Waals surface area contributed by atoms with E-state index in [9.17, 15) is 18.7 Å². The number of aromatic hydroxyl groups is 1. The molecule has 0 saturated carbocycles. The summed E-state index contributed by atoms with van der Waals surface area (Å²) < 4.78 is 28.2. The number of hydrogen-bond donors (Lipinski definition) is 4. The number of piperidine rings is 1. The first kappa shape index (κ1) is 27.5. The molecular weight excluding hydrogens is 534 g/mol. The second kappa shape index (κ2) is 11.3. The largest absolute Gasteiger partial charge is 0.508 e. The number of phenols is 1. The van der Waals surface area contributed by atoms with Crippen LogP contribution in [0.3, 0.4) is 0 Å². The number of rotatable bonds is 6. The number of amides is 1. The highest BCUT2D eigenvalue weighted by Gasteiger charge is 2.24. The molecule has 5 N–H and O–H groups in total. The summed E-state index contributed by atoms with van der Waals surface area (Å²) in [5, 5.41) is 14.3. The quantitative estimate of drug-likeness (QED) is 0.187. The fraction of sp³-hybridized carbons (Fsp3) is 0.206. The Hall–Kier alpha value is -4.69. The van der Waals surface area contributed by atoms with Crippen molar-refractivity contribution in [3.8, 4) is 16.9 Å². The number of H-pyrrole nitrogens is 1. The zero-order valence-corrected chi connectivity index (χ0v) is 23.2. The Morgan fingerprint density at radius 2 is 1.64 bits per heavy atom. The normalized spacial score (nSPS) is 14.7. The summed E-state index contributed by atoms with van der Waals surface area (Å²) in [7, 11) is 0. The van der Waals surface area contributed by atoms with Gasteiger partial charge in [-0.1, -0.05) is 18.2 Å². The lowest BCUT2D eigenvalue weighted by atomic mass is 9.98. The molecule has 1 aliphatic heterocycles. The molecule has 42 heavy (non-hydrogen) atoms. The fourth-order valence-electron chi connectivity index (χ4n) is 5.67. The van der Waals surface area contributed by atoms with Crippen LogP contribution in [0.4, 0.5) is 14.5 Å². The van der Waals surface area contributed by atoms with Crippen LogP contribution in [0.25, 0.3) is 22.0 Å². The van der Waals surface area contributed by atoms with Gasteiger partial charge >= 0.3 is 0 Å². The van der Waals surface area contributed by atoms with Gasteiger partial charge in [0.2, 0.25) is 0 Å². The average molecular weight is 567 g/mol. The standard InChI is InChI=1S/C34H32F2N4O2/c1-20-14-23(21-3-7-28(8-4-21)40-12-10-27(37)11-13-40)16-24(15-20)34(42)39-33(29-18-25(35)6-9-32(29)41)31-17-22-2-5-26(36)19-30(22)38-31/h2-9,14-19,27,33,38,41H,10-13,37H2,1H3,(H,39,42). The molecule has 4 aromatic carbocycles.